The summed E-state index contributed by atoms with van der Waals surface area (Å²) in [6, 6.07) is 16.5. The smallest absolute Gasteiger partial charge is 0.407 e. The number of alkyl carbamates (subject to hydrolysis) is 1. The Morgan fingerprint density at radius 3 is 1.29 bits per heavy atom. The Morgan fingerprint density at radius 1 is 0.509 bits per heavy atom. The molecule has 1 aliphatic carbocycles. The largest absolute Gasteiger partial charge is 0.449 e. The number of rotatable bonds is 33. The highest BCUT2D eigenvalue weighted by Gasteiger charge is 2.29. The van der Waals surface area contributed by atoms with Crippen molar-refractivity contribution in [3.05, 3.63) is 71.8 Å². The second-order valence-corrected chi connectivity index (χ2v) is 12.3. The highest BCUT2D eigenvalue weighted by molar-refractivity contribution is 6.12. The normalized spacial score (nSPS) is 13.5. The van der Waals surface area contributed by atoms with Gasteiger partial charge in [-0.05, 0) is 28.7 Å². The fraction of sp³-hybridized carbons (Fsp3) is 0.575. The van der Waals surface area contributed by atoms with Crippen LogP contribution >= 0.6 is 0 Å². The minimum atomic E-state index is -0.421. The van der Waals surface area contributed by atoms with Crippen LogP contribution in [0.2, 0.25) is 0 Å². The number of carbonyl (C=O) groups excluding carboxylic acids is 3. The molecule has 0 fully saturated rings. The summed E-state index contributed by atoms with van der Waals surface area (Å²) in [7, 11) is 0. The van der Waals surface area contributed by atoms with E-state index in [0.717, 1.165) is 4.90 Å². The van der Waals surface area contributed by atoms with E-state index < -0.39 is 6.09 Å². The Hall–Kier alpha value is -3.77. The molecule has 4 rings (SSSR count). The third kappa shape index (κ3) is 17.3. The molecule has 1 N–H and O–H groups in total. The molecule has 0 bridgehead atoms. The summed E-state index contributed by atoms with van der Waals surface area (Å²) in [4.78, 5) is 36.2. The van der Waals surface area contributed by atoms with E-state index in [2.05, 4.69) is 29.6 Å². The monoisotopic (exact) mass is 772 g/mol. The van der Waals surface area contributed by atoms with Crippen molar-refractivity contribution in [2.45, 2.75) is 12.3 Å². The predicted molar refractivity (Wildman–Crippen MR) is 201 cm³/mol. The molecule has 0 saturated heterocycles. The molecule has 0 radical (unpaired) electrons. The number of imide groups is 1. The van der Waals surface area contributed by atoms with Crippen LogP contribution in [-0.2, 0) is 57.0 Å². The maximum Gasteiger partial charge on any atom is 0.407 e. The lowest BCUT2D eigenvalue weighted by Gasteiger charge is -2.14. The highest BCUT2D eigenvalue weighted by Crippen LogP contribution is 2.44. The van der Waals surface area contributed by atoms with E-state index in [1.165, 1.54) is 34.4 Å². The molecule has 0 spiro atoms. The maximum absolute atomic E-state index is 12.3. The lowest BCUT2D eigenvalue weighted by molar-refractivity contribution is -0.137. The average Bonchev–Trinajstić information content (AvgIpc) is 3.70. The fourth-order valence-corrected chi connectivity index (χ4v) is 5.68. The third-order valence-electron chi connectivity index (χ3n) is 8.41. The van der Waals surface area contributed by atoms with Crippen molar-refractivity contribution < 1.29 is 61.8 Å². The summed E-state index contributed by atoms with van der Waals surface area (Å²) in [5, 5.41) is 2.80. The van der Waals surface area contributed by atoms with Gasteiger partial charge in [-0.25, -0.2) is 4.79 Å². The number of hydrogen-bond donors (Lipinski definition) is 1. The molecule has 0 saturated carbocycles. The second kappa shape index (κ2) is 27.8. The molecule has 2 aromatic carbocycles. The van der Waals surface area contributed by atoms with Crippen molar-refractivity contribution >= 4 is 17.9 Å². The Labute approximate surface area is 323 Å². The number of nitrogens with zero attached hydrogens (tertiary/aromatic N) is 1. The average molecular weight is 773 g/mol. The number of hydrogen-bond acceptors (Lipinski definition) is 13. The van der Waals surface area contributed by atoms with Crippen LogP contribution in [0, 0.1) is 0 Å². The van der Waals surface area contributed by atoms with Gasteiger partial charge in [-0.15, -0.1) is 0 Å². The Kier molecular flexibility index (Phi) is 22.2. The van der Waals surface area contributed by atoms with E-state index >= 15 is 0 Å². The van der Waals surface area contributed by atoms with Gasteiger partial charge in [0, 0.05) is 31.2 Å². The Bertz CT molecular complexity index is 1360. The lowest BCUT2D eigenvalue weighted by Crippen LogP contribution is -2.33. The van der Waals surface area contributed by atoms with Crippen LogP contribution in [0.25, 0.3) is 11.1 Å². The summed E-state index contributed by atoms with van der Waals surface area (Å²) >= 11 is 0. The maximum atomic E-state index is 12.3. The van der Waals surface area contributed by atoms with E-state index in [1.54, 1.807) is 0 Å². The highest BCUT2D eigenvalue weighted by atomic mass is 16.6. The SMILES string of the molecule is O=C(NCCCOCCOCCOCCOCCOCCOCCOCCOCCOCCN1C(=O)C=CC1=O)OCC1c2ccccc2-c2ccccc21. The molecule has 3 amide bonds. The molecule has 304 valence electrons. The van der Waals surface area contributed by atoms with Crippen LogP contribution < -0.4 is 5.32 Å². The molecule has 2 aliphatic rings. The van der Waals surface area contributed by atoms with Gasteiger partial charge in [0.05, 0.1) is 119 Å². The summed E-state index contributed by atoms with van der Waals surface area (Å²) in [6.07, 6.45) is 2.76. The van der Waals surface area contributed by atoms with Crippen molar-refractivity contribution in [2.24, 2.45) is 0 Å². The van der Waals surface area contributed by atoms with Crippen molar-refractivity contribution in [3.8, 4) is 11.1 Å². The van der Waals surface area contributed by atoms with Gasteiger partial charge >= 0.3 is 6.09 Å². The van der Waals surface area contributed by atoms with E-state index in [1.807, 2.05) is 24.3 Å². The number of benzene rings is 2. The minimum absolute atomic E-state index is 0.0441. The van der Waals surface area contributed by atoms with Crippen molar-refractivity contribution in [2.75, 3.05) is 139 Å². The van der Waals surface area contributed by atoms with Crippen molar-refractivity contribution in [1.82, 2.24) is 10.2 Å². The van der Waals surface area contributed by atoms with Gasteiger partial charge in [0.15, 0.2) is 0 Å². The molecular formula is C40H56N2O13. The Balaban J connectivity index is 0.791. The van der Waals surface area contributed by atoms with E-state index in [4.69, 9.17) is 47.4 Å². The molecule has 55 heavy (non-hydrogen) atoms. The van der Waals surface area contributed by atoms with Crippen LogP contribution in [0.3, 0.4) is 0 Å². The fourth-order valence-electron chi connectivity index (χ4n) is 5.68. The summed E-state index contributed by atoms with van der Waals surface area (Å²) in [5.41, 5.74) is 4.79. The van der Waals surface area contributed by atoms with Gasteiger partial charge in [-0.2, -0.15) is 0 Å². The van der Waals surface area contributed by atoms with Crippen molar-refractivity contribution in [1.29, 1.82) is 0 Å². The predicted octanol–water partition coefficient (Wildman–Crippen LogP) is 2.99. The zero-order chi connectivity index (χ0) is 38.6. The Morgan fingerprint density at radius 2 is 0.873 bits per heavy atom. The molecule has 0 unspecified atom stereocenters. The number of carbonyl (C=O) groups is 3. The summed E-state index contributed by atoms with van der Waals surface area (Å²) < 4.78 is 54.9. The molecule has 15 heteroatoms. The minimum Gasteiger partial charge on any atom is -0.449 e. The first-order chi connectivity index (χ1) is 27.1. The standard InChI is InChI=1S/C40H56N2O13/c43-38-10-11-39(44)42(38)13-15-47-17-19-49-21-23-51-25-27-53-29-31-54-30-28-52-26-24-50-22-20-48-18-16-46-14-5-12-41-40(45)55-32-37-35-8-3-1-6-33(35)34-7-2-4-9-36(34)37/h1-4,6-11,37H,5,12-32H2,(H,41,45). The first-order valence-electron chi connectivity index (χ1n) is 19.0. The van der Waals surface area contributed by atoms with Crippen molar-refractivity contribution in [3.63, 3.8) is 0 Å². The molecule has 1 heterocycles. The van der Waals surface area contributed by atoms with Crippen LogP contribution in [0.4, 0.5) is 4.79 Å². The van der Waals surface area contributed by atoms with Gasteiger partial charge in [-0.1, -0.05) is 48.5 Å². The van der Waals surface area contributed by atoms with Gasteiger partial charge in [0.1, 0.15) is 6.61 Å². The molecule has 0 atom stereocenters. The molecule has 0 aromatic heterocycles. The zero-order valence-electron chi connectivity index (χ0n) is 31.7. The number of ether oxygens (including phenoxy) is 10. The van der Waals surface area contributed by atoms with Gasteiger partial charge < -0.3 is 52.7 Å². The van der Waals surface area contributed by atoms with Gasteiger partial charge in [0.25, 0.3) is 11.8 Å². The number of amides is 3. The molecule has 2 aromatic rings. The van der Waals surface area contributed by atoms with E-state index in [9.17, 15) is 14.4 Å². The summed E-state index contributed by atoms with van der Waals surface area (Å²) in [6.45, 7) is 9.09. The van der Waals surface area contributed by atoms with Crippen LogP contribution in [0.1, 0.15) is 23.5 Å². The van der Waals surface area contributed by atoms with Crippen LogP contribution in [-0.4, -0.2) is 161 Å². The molecule has 1 aliphatic heterocycles. The quantitative estimate of drug-likeness (QED) is 0.0835. The van der Waals surface area contributed by atoms with Gasteiger partial charge in [-0.3, -0.25) is 14.5 Å². The van der Waals surface area contributed by atoms with Gasteiger partial charge in [0.2, 0.25) is 0 Å². The number of fused-ring (bicyclic) bond motifs is 3. The first-order valence-corrected chi connectivity index (χ1v) is 19.0. The summed E-state index contributed by atoms with van der Waals surface area (Å²) in [5.74, 6) is -0.576. The first kappa shape index (κ1) is 44.0. The lowest BCUT2D eigenvalue weighted by atomic mass is 9.98. The van der Waals surface area contributed by atoms with Crippen LogP contribution in [0.15, 0.2) is 60.7 Å². The molecular weight excluding hydrogens is 716 g/mol. The number of nitrogens with one attached hydrogen (secondary N) is 1. The van der Waals surface area contributed by atoms with Crippen LogP contribution in [0.5, 0.6) is 0 Å². The second-order valence-electron chi connectivity index (χ2n) is 12.3. The zero-order valence-corrected chi connectivity index (χ0v) is 31.7. The van der Waals surface area contributed by atoms with E-state index in [0.29, 0.717) is 132 Å². The third-order valence-corrected chi connectivity index (χ3v) is 8.41. The van der Waals surface area contributed by atoms with E-state index in [-0.39, 0.29) is 30.9 Å². The topological polar surface area (TPSA) is 159 Å². The molecule has 15 nitrogen and oxygen atoms in total.